The Morgan fingerprint density at radius 3 is 2.67 bits per heavy atom. The van der Waals surface area contributed by atoms with Gasteiger partial charge in [-0.25, -0.2) is 4.98 Å². The summed E-state index contributed by atoms with van der Waals surface area (Å²) >= 11 is 1.70. The Morgan fingerprint density at radius 1 is 1.17 bits per heavy atom. The van der Waals surface area contributed by atoms with Gasteiger partial charge in [-0.2, -0.15) is 5.26 Å². The van der Waals surface area contributed by atoms with Crippen LogP contribution in [0.1, 0.15) is 49.4 Å². The van der Waals surface area contributed by atoms with Crippen molar-refractivity contribution < 1.29 is 5.11 Å². The van der Waals surface area contributed by atoms with Crippen LogP contribution in [0.2, 0.25) is 0 Å². The molecule has 2 fully saturated rings. The first-order valence-electron chi connectivity index (χ1n) is 10.8. The molecule has 0 saturated heterocycles. The number of aromatic nitrogens is 2. The maximum absolute atomic E-state index is 12.0. The van der Waals surface area contributed by atoms with Crippen LogP contribution in [0.25, 0.3) is 11.0 Å². The zero-order chi connectivity index (χ0) is 20.7. The number of benzene rings is 2. The van der Waals surface area contributed by atoms with Crippen molar-refractivity contribution >= 4 is 22.8 Å². The molecule has 3 atom stereocenters. The minimum atomic E-state index is -1.02. The van der Waals surface area contributed by atoms with Crippen LogP contribution in [0, 0.1) is 23.2 Å². The standard InChI is InChI=1S/C25H27N3OS/c1-30-22-9-5-8-21-23(22)27-24(28(21)16-17-10-11-17)25(29)13-12-19(15-26)20(14-25)18-6-3-2-4-7-18/h2-9,17,19-20,29H,10-14,16H2,1H3/t19-,20-,25+/m1/s1. The summed E-state index contributed by atoms with van der Waals surface area (Å²) in [6.45, 7) is 0.920. The summed E-state index contributed by atoms with van der Waals surface area (Å²) in [4.78, 5) is 6.20. The number of hydrogen-bond acceptors (Lipinski definition) is 4. The van der Waals surface area contributed by atoms with Crippen LogP contribution in [-0.4, -0.2) is 20.9 Å². The molecule has 4 nitrogen and oxygen atoms in total. The molecule has 5 heteroatoms. The molecule has 1 N–H and O–H groups in total. The molecule has 3 aromatic rings. The van der Waals surface area contributed by atoms with Crippen LogP contribution in [0.4, 0.5) is 0 Å². The lowest BCUT2D eigenvalue weighted by Crippen LogP contribution is -2.38. The summed E-state index contributed by atoms with van der Waals surface area (Å²) in [7, 11) is 0. The van der Waals surface area contributed by atoms with Gasteiger partial charge in [0.25, 0.3) is 0 Å². The molecule has 1 heterocycles. The molecule has 0 aliphatic heterocycles. The third-order valence-electron chi connectivity index (χ3n) is 6.82. The van der Waals surface area contributed by atoms with Crippen LogP contribution in [0.3, 0.4) is 0 Å². The lowest BCUT2D eigenvalue weighted by molar-refractivity contribution is -0.0274. The predicted molar refractivity (Wildman–Crippen MR) is 120 cm³/mol. The lowest BCUT2D eigenvalue weighted by atomic mass is 9.69. The molecule has 0 amide bonds. The molecule has 1 aromatic heterocycles. The largest absolute Gasteiger partial charge is 0.382 e. The molecular weight excluding hydrogens is 390 g/mol. The highest BCUT2D eigenvalue weighted by molar-refractivity contribution is 7.98. The molecule has 0 spiro atoms. The number of nitrogens with zero attached hydrogens (tertiary/aromatic N) is 3. The second-order valence-electron chi connectivity index (χ2n) is 8.84. The molecule has 154 valence electrons. The van der Waals surface area contributed by atoms with Crippen LogP contribution in [-0.2, 0) is 12.1 Å². The highest BCUT2D eigenvalue weighted by Gasteiger charge is 2.45. The first-order valence-corrected chi connectivity index (χ1v) is 12.1. The molecule has 0 radical (unpaired) electrons. The zero-order valence-electron chi connectivity index (χ0n) is 17.3. The van der Waals surface area contributed by atoms with Crippen molar-refractivity contribution in [2.24, 2.45) is 11.8 Å². The van der Waals surface area contributed by atoms with Gasteiger partial charge in [0, 0.05) is 17.4 Å². The molecule has 2 aliphatic rings. The number of para-hydroxylation sites is 1. The second kappa shape index (κ2) is 7.76. The van der Waals surface area contributed by atoms with Crippen LogP contribution in [0.5, 0.6) is 0 Å². The average Bonchev–Trinajstić information content (AvgIpc) is 3.53. The third kappa shape index (κ3) is 3.42. The quantitative estimate of drug-likeness (QED) is 0.560. The Hall–Kier alpha value is -2.29. The first kappa shape index (κ1) is 19.7. The van der Waals surface area contributed by atoms with Crippen molar-refractivity contribution in [3.05, 3.63) is 59.9 Å². The molecule has 0 unspecified atom stereocenters. The summed E-state index contributed by atoms with van der Waals surface area (Å²) in [6.07, 6.45) is 6.39. The van der Waals surface area contributed by atoms with E-state index in [1.807, 2.05) is 18.2 Å². The molecule has 5 rings (SSSR count). The Bertz CT molecular complexity index is 1100. The van der Waals surface area contributed by atoms with E-state index in [-0.39, 0.29) is 11.8 Å². The number of nitriles is 1. The highest BCUT2D eigenvalue weighted by atomic mass is 32.2. The number of fused-ring (bicyclic) bond motifs is 1. The second-order valence-corrected chi connectivity index (χ2v) is 9.69. The van der Waals surface area contributed by atoms with E-state index in [1.54, 1.807) is 11.8 Å². The van der Waals surface area contributed by atoms with Gasteiger partial charge in [0.05, 0.1) is 17.5 Å². The molecular formula is C25H27N3OS. The van der Waals surface area contributed by atoms with Gasteiger partial charge in [-0.1, -0.05) is 36.4 Å². The van der Waals surface area contributed by atoms with Gasteiger partial charge in [-0.15, -0.1) is 11.8 Å². The zero-order valence-corrected chi connectivity index (χ0v) is 18.1. The van der Waals surface area contributed by atoms with E-state index in [1.165, 1.54) is 12.8 Å². The number of imidazole rings is 1. The van der Waals surface area contributed by atoms with Gasteiger partial charge in [0.15, 0.2) is 0 Å². The monoisotopic (exact) mass is 417 g/mol. The topological polar surface area (TPSA) is 61.8 Å². The van der Waals surface area contributed by atoms with E-state index in [0.29, 0.717) is 25.2 Å². The average molecular weight is 418 g/mol. The van der Waals surface area contributed by atoms with E-state index in [0.717, 1.165) is 33.9 Å². The van der Waals surface area contributed by atoms with Gasteiger partial charge >= 0.3 is 0 Å². The molecule has 30 heavy (non-hydrogen) atoms. The van der Waals surface area contributed by atoms with Gasteiger partial charge in [-0.05, 0) is 62.0 Å². The number of aliphatic hydroxyl groups is 1. The maximum Gasteiger partial charge on any atom is 0.142 e. The predicted octanol–water partition coefficient (Wildman–Crippen LogP) is 5.46. The summed E-state index contributed by atoms with van der Waals surface area (Å²) < 4.78 is 2.28. The summed E-state index contributed by atoms with van der Waals surface area (Å²) in [5.41, 5.74) is 2.23. The maximum atomic E-state index is 12.0. The van der Waals surface area contributed by atoms with Crippen molar-refractivity contribution in [2.75, 3.05) is 6.26 Å². The minimum absolute atomic E-state index is 0.0177. The SMILES string of the molecule is CSc1cccc2c1nc([C@]1(O)CC[C@H](C#N)[C@@H](c3ccccc3)C1)n2CC1CC1. The van der Waals surface area contributed by atoms with Gasteiger partial charge in [0.1, 0.15) is 16.9 Å². The van der Waals surface area contributed by atoms with Gasteiger partial charge in [0.2, 0.25) is 0 Å². The van der Waals surface area contributed by atoms with E-state index in [9.17, 15) is 10.4 Å². The fourth-order valence-electron chi connectivity index (χ4n) is 5.00. The number of rotatable bonds is 5. The highest BCUT2D eigenvalue weighted by Crippen LogP contribution is 2.48. The van der Waals surface area contributed by atoms with Crippen molar-refractivity contribution in [3.63, 3.8) is 0 Å². The van der Waals surface area contributed by atoms with E-state index in [2.05, 4.69) is 47.2 Å². The molecule has 2 aromatic carbocycles. The first-order chi connectivity index (χ1) is 14.6. The van der Waals surface area contributed by atoms with Crippen molar-refractivity contribution in [3.8, 4) is 6.07 Å². The molecule has 0 bridgehead atoms. The van der Waals surface area contributed by atoms with Crippen LogP contribution < -0.4 is 0 Å². The Morgan fingerprint density at radius 2 is 1.97 bits per heavy atom. The Kier molecular flexibility index (Phi) is 5.08. The van der Waals surface area contributed by atoms with E-state index < -0.39 is 5.60 Å². The lowest BCUT2D eigenvalue weighted by Gasteiger charge is -2.39. The van der Waals surface area contributed by atoms with Crippen molar-refractivity contribution in [1.29, 1.82) is 5.26 Å². The summed E-state index contributed by atoms with van der Waals surface area (Å²) in [6, 6.07) is 19.0. The smallest absolute Gasteiger partial charge is 0.142 e. The molecule has 2 saturated carbocycles. The van der Waals surface area contributed by atoms with Gasteiger partial charge in [-0.3, -0.25) is 0 Å². The third-order valence-corrected chi connectivity index (χ3v) is 7.59. The van der Waals surface area contributed by atoms with Crippen molar-refractivity contribution in [1.82, 2.24) is 9.55 Å². The summed E-state index contributed by atoms with van der Waals surface area (Å²) in [5, 5.41) is 21.7. The fourth-order valence-corrected chi connectivity index (χ4v) is 5.55. The van der Waals surface area contributed by atoms with E-state index in [4.69, 9.17) is 4.98 Å². The Labute approximate surface area is 181 Å². The van der Waals surface area contributed by atoms with Crippen molar-refractivity contribution in [2.45, 2.75) is 55.1 Å². The normalized spacial score (nSPS) is 26.6. The molecule has 2 aliphatic carbocycles. The van der Waals surface area contributed by atoms with Crippen LogP contribution in [0.15, 0.2) is 53.4 Å². The van der Waals surface area contributed by atoms with Gasteiger partial charge < -0.3 is 9.67 Å². The summed E-state index contributed by atoms with van der Waals surface area (Å²) in [5.74, 6) is 1.42. The van der Waals surface area contributed by atoms with E-state index >= 15 is 0 Å². The number of hydrogen-bond donors (Lipinski definition) is 1. The fraction of sp³-hybridized carbons (Fsp3) is 0.440. The number of thioether (sulfide) groups is 1. The van der Waals surface area contributed by atoms with Crippen LogP contribution >= 0.6 is 11.8 Å². The minimum Gasteiger partial charge on any atom is -0.382 e. The Balaban J connectivity index is 1.60.